The number of nitrogens with zero attached hydrogens (tertiary/aromatic N) is 2. The van der Waals surface area contributed by atoms with Gasteiger partial charge in [-0.2, -0.15) is 4.52 Å². The maximum atomic E-state index is 12.0. The number of hydrogen-bond acceptors (Lipinski definition) is 3. The minimum Gasteiger partial charge on any atom is -0.384 e. The number of H-pyrrole nitrogens is 1. The Hall–Kier alpha value is -2.56. The van der Waals surface area contributed by atoms with Crippen molar-refractivity contribution in [3.8, 4) is 11.3 Å². The molecule has 0 atom stereocenters. The van der Waals surface area contributed by atoms with Crippen LogP contribution in [-0.2, 0) is 0 Å². The van der Waals surface area contributed by atoms with Crippen molar-refractivity contribution in [3.63, 3.8) is 0 Å². The average molecular weight is 254 g/mol. The lowest BCUT2D eigenvalue weighted by Gasteiger charge is -2.06. The van der Waals surface area contributed by atoms with Crippen molar-refractivity contribution >= 4 is 11.5 Å². The molecule has 2 heterocycles. The summed E-state index contributed by atoms with van der Waals surface area (Å²) in [4.78, 5) is 16.5. The second kappa shape index (κ2) is 3.98. The average Bonchev–Trinajstić information content (AvgIpc) is 2.73. The molecule has 0 radical (unpaired) electrons. The predicted octanol–water partition coefficient (Wildman–Crippen LogP) is 1.89. The summed E-state index contributed by atoms with van der Waals surface area (Å²) in [7, 11) is 0. The predicted molar refractivity (Wildman–Crippen MR) is 75.1 cm³/mol. The van der Waals surface area contributed by atoms with Crippen LogP contribution in [0, 0.1) is 13.8 Å². The van der Waals surface area contributed by atoms with Gasteiger partial charge in [0.05, 0.1) is 5.69 Å². The molecule has 0 unspecified atom stereocenters. The van der Waals surface area contributed by atoms with E-state index in [1.165, 1.54) is 10.6 Å². The Labute approximate surface area is 109 Å². The number of aromatic nitrogens is 3. The highest BCUT2D eigenvalue weighted by Crippen LogP contribution is 2.22. The lowest BCUT2D eigenvalue weighted by molar-refractivity contribution is 0.906. The number of aromatic amines is 1. The van der Waals surface area contributed by atoms with Crippen molar-refractivity contribution in [1.29, 1.82) is 0 Å². The van der Waals surface area contributed by atoms with Gasteiger partial charge in [-0.15, -0.1) is 0 Å². The summed E-state index contributed by atoms with van der Waals surface area (Å²) in [6.07, 6.45) is 0. The molecule has 0 aliphatic heterocycles. The maximum absolute atomic E-state index is 12.0. The Kier molecular flexibility index (Phi) is 2.41. The first-order chi connectivity index (χ1) is 9.04. The Morgan fingerprint density at radius 1 is 1.21 bits per heavy atom. The van der Waals surface area contributed by atoms with Crippen LogP contribution >= 0.6 is 0 Å². The normalized spacial score (nSPS) is 11.1. The molecule has 5 nitrogen and oxygen atoms in total. The fraction of sp³-hybridized carbons (Fsp3) is 0.143. The van der Waals surface area contributed by atoms with Gasteiger partial charge < -0.3 is 5.73 Å². The van der Waals surface area contributed by atoms with Crippen LogP contribution in [0.5, 0.6) is 0 Å². The molecule has 0 aliphatic carbocycles. The molecule has 5 heteroatoms. The van der Waals surface area contributed by atoms with Gasteiger partial charge in [-0.05, 0) is 25.5 Å². The number of nitrogen functional groups attached to an aromatic ring is 1. The highest BCUT2D eigenvalue weighted by Gasteiger charge is 2.09. The summed E-state index contributed by atoms with van der Waals surface area (Å²) in [6.45, 7) is 4.02. The molecule has 0 saturated carbocycles. The molecule has 0 fully saturated rings. The maximum Gasteiger partial charge on any atom is 0.273 e. The summed E-state index contributed by atoms with van der Waals surface area (Å²) >= 11 is 0. The molecule has 0 amide bonds. The van der Waals surface area contributed by atoms with E-state index >= 15 is 0 Å². The van der Waals surface area contributed by atoms with E-state index in [-0.39, 0.29) is 5.56 Å². The monoisotopic (exact) mass is 254 g/mol. The lowest BCUT2D eigenvalue weighted by atomic mass is 10.0. The number of hydrogen-bond donors (Lipinski definition) is 2. The minimum absolute atomic E-state index is 0.169. The zero-order valence-corrected chi connectivity index (χ0v) is 10.8. The van der Waals surface area contributed by atoms with Crippen LogP contribution in [0.2, 0.25) is 0 Å². The molecule has 19 heavy (non-hydrogen) atoms. The molecule has 96 valence electrons. The largest absolute Gasteiger partial charge is 0.384 e. The van der Waals surface area contributed by atoms with E-state index in [1.54, 1.807) is 6.07 Å². The molecule has 0 bridgehead atoms. The molecule has 3 N–H and O–H groups in total. The summed E-state index contributed by atoms with van der Waals surface area (Å²) in [5.74, 6) is 0.419. The van der Waals surface area contributed by atoms with Crippen molar-refractivity contribution in [3.05, 3.63) is 51.8 Å². The second-order valence-corrected chi connectivity index (χ2v) is 4.70. The highest BCUT2D eigenvalue weighted by atomic mass is 16.1. The van der Waals surface area contributed by atoms with Crippen LogP contribution < -0.4 is 11.3 Å². The first-order valence-electron chi connectivity index (χ1n) is 6.00. The molecular weight excluding hydrogens is 240 g/mol. The van der Waals surface area contributed by atoms with Crippen LogP contribution in [-0.4, -0.2) is 14.6 Å². The van der Waals surface area contributed by atoms with Crippen LogP contribution in [0.1, 0.15) is 11.1 Å². The molecule has 0 spiro atoms. The fourth-order valence-corrected chi connectivity index (χ4v) is 2.16. The minimum atomic E-state index is -0.169. The van der Waals surface area contributed by atoms with Crippen LogP contribution in [0.3, 0.4) is 0 Å². The van der Waals surface area contributed by atoms with Gasteiger partial charge >= 0.3 is 0 Å². The van der Waals surface area contributed by atoms with Crippen molar-refractivity contribution in [2.24, 2.45) is 0 Å². The third kappa shape index (κ3) is 1.89. The van der Waals surface area contributed by atoms with Gasteiger partial charge in [0, 0.05) is 17.7 Å². The third-order valence-electron chi connectivity index (χ3n) is 3.14. The van der Waals surface area contributed by atoms with Gasteiger partial charge in [-0.3, -0.25) is 9.89 Å². The third-order valence-corrected chi connectivity index (χ3v) is 3.14. The van der Waals surface area contributed by atoms with Crippen molar-refractivity contribution in [2.75, 3.05) is 5.73 Å². The molecule has 1 aromatic carbocycles. The second-order valence-electron chi connectivity index (χ2n) is 4.70. The van der Waals surface area contributed by atoms with Crippen molar-refractivity contribution < 1.29 is 0 Å². The molecule has 0 aliphatic rings. The number of nitrogens with one attached hydrogen (secondary N) is 1. The van der Waals surface area contributed by atoms with Crippen molar-refractivity contribution in [1.82, 2.24) is 14.6 Å². The van der Waals surface area contributed by atoms with Gasteiger partial charge in [0.2, 0.25) is 0 Å². The Balaban J connectivity index is 2.31. The highest BCUT2D eigenvalue weighted by molar-refractivity contribution is 5.66. The zero-order valence-electron chi connectivity index (χ0n) is 10.8. The Bertz CT molecular complexity index is 829. The van der Waals surface area contributed by atoms with E-state index in [9.17, 15) is 4.79 Å². The zero-order chi connectivity index (χ0) is 13.6. The van der Waals surface area contributed by atoms with Gasteiger partial charge in [0.25, 0.3) is 5.56 Å². The summed E-state index contributed by atoms with van der Waals surface area (Å²) in [5, 5.41) is 2.75. The molecule has 2 aromatic heterocycles. The molecule has 3 rings (SSSR count). The summed E-state index contributed by atoms with van der Waals surface area (Å²) in [6, 6.07) is 9.27. The van der Waals surface area contributed by atoms with Crippen LogP contribution in [0.4, 0.5) is 5.82 Å². The SMILES string of the molecule is Cc1ccc(C)c(-c2cc(=O)n3[nH]c(N)cc3n2)c1. The standard InChI is InChI=1S/C14H14N4O/c1-8-3-4-9(2)10(5-8)11-6-14(19)18-13(16-11)7-12(15)17-18/h3-7,17H,15H2,1-2H3. The summed E-state index contributed by atoms with van der Waals surface area (Å²) < 4.78 is 1.34. The summed E-state index contributed by atoms with van der Waals surface area (Å²) in [5.41, 5.74) is 9.87. The molecular formula is C14H14N4O. The van der Waals surface area contributed by atoms with E-state index in [0.29, 0.717) is 17.2 Å². The number of rotatable bonds is 1. The van der Waals surface area contributed by atoms with Crippen LogP contribution in [0.25, 0.3) is 16.9 Å². The smallest absolute Gasteiger partial charge is 0.273 e. The van der Waals surface area contributed by atoms with Gasteiger partial charge in [0.15, 0.2) is 5.65 Å². The van der Waals surface area contributed by atoms with Gasteiger partial charge in [-0.25, -0.2) is 4.98 Å². The fourth-order valence-electron chi connectivity index (χ4n) is 2.16. The number of anilines is 1. The first-order valence-corrected chi connectivity index (χ1v) is 6.00. The topological polar surface area (TPSA) is 76.2 Å². The molecule has 3 aromatic rings. The number of fused-ring (bicyclic) bond motifs is 1. The van der Waals surface area contributed by atoms with Crippen LogP contribution in [0.15, 0.2) is 35.1 Å². The van der Waals surface area contributed by atoms with E-state index in [0.717, 1.165) is 16.7 Å². The number of benzene rings is 1. The quantitative estimate of drug-likeness (QED) is 0.696. The van der Waals surface area contributed by atoms with Gasteiger partial charge in [0.1, 0.15) is 5.82 Å². The van der Waals surface area contributed by atoms with E-state index in [2.05, 4.69) is 10.1 Å². The van der Waals surface area contributed by atoms with Crippen molar-refractivity contribution in [2.45, 2.75) is 13.8 Å². The Morgan fingerprint density at radius 2 is 2.00 bits per heavy atom. The van der Waals surface area contributed by atoms with E-state index in [1.807, 2.05) is 32.0 Å². The number of nitrogens with two attached hydrogens (primary N) is 1. The first kappa shape index (κ1) is 11.5. The molecule has 0 saturated heterocycles. The van der Waals surface area contributed by atoms with E-state index < -0.39 is 0 Å². The Morgan fingerprint density at radius 3 is 2.79 bits per heavy atom. The number of aryl methyl sites for hydroxylation is 2. The van der Waals surface area contributed by atoms with Gasteiger partial charge in [-0.1, -0.05) is 17.7 Å². The van der Waals surface area contributed by atoms with E-state index in [4.69, 9.17) is 5.73 Å². The lowest BCUT2D eigenvalue weighted by Crippen LogP contribution is -2.14.